The number of rotatable bonds is 9. The molecule has 0 unspecified atom stereocenters. The highest BCUT2D eigenvalue weighted by Gasteiger charge is 2.21. The highest BCUT2D eigenvalue weighted by atomic mass is 19.1. The molecule has 0 radical (unpaired) electrons. The van der Waals surface area contributed by atoms with Crippen molar-refractivity contribution in [2.24, 2.45) is 0 Å². The number of nitrogens with one attached hydrogen (secondary N) is 1. The monoisotopic (exact) mass is 479 g/mol. The lowest BCUT2D eigenvalue weighted by Gasteiger charge is -2.13. The molecule has 1 N–H and O–H groups in total. The van der Waals surface area contributed by atoms with Crippen LogP contribution in [0.15, 0.2) is 51.5 Å². The summed E-state index contributed by atoms with van der Waals surface area (Å²) >= 11 is 0. The van der Waals surface area contributed by atoms with Gasteiger partial charge in [0.05, 0.1) is 5.69 Å². The van der Waals surface area contributed by atoms with Crippen LogP contribution in [0.1, 0.15) is 64.3 Å². The molecule has 10 heteroatoms. The summed E-state index contributed by atoms with van der Waals surface area (Å²) < 4.78 is 31.1. The molecule has 2 heterocycles. The minimum absolute atomic E-state index is 0.101. The molecule has 0 fully saturated rings. The van der Waals surface area contributed by atoms with Gasteiger partial charge in [0.2, 0.25) is 23.4 Å². The first-order chi connectivity index (χ1) is 16.9. The third-order valence-corrected chi connectivity index (χ3v) is 5.24. The van der Waals surface area contributed by atoms with E-state index in [1.54, 1.807) is 25.1 Å². The number of hydrogen-bond donors (Lipinski definition) is 1. The number of anilines is 1. The maximum atomic E-state index is 14.4. The van der Waals surface area contributed by atoms with E-state index in [4.69, 9.17) is 13.8 Å². The van der Waals surface area contributed by atoms with Crippen LogP contribution in [0.3, 0.4) is 0 Å². The molecular weight excluding hydrogens is 453 g/mol. The zero-order valence-electron chi connectivity index (χ0n) is 19.9. The van der Waals surface area contributed by atoms with E-state index in [1.165, 1.54) is 12.1 Å². The van der Waals surface area contributed by atoms with Crippen LogP contribution in [-0.4, -0.2) is 26.2 Å². The quantitative estimate of drug-likeness (QED) is 0.314. The number of aromatic nitrogens is 4. The third-order valence-electron chi connectivity index (χ3n) is 5.24. The Morgan fingerprint density at radius 3 is 2.20 bits per heavy atom. The van der Waals surface area contributed by atoms with Crippen molar-refractivity contribution in [1.82, 2.24) is 20.3 Å². The van der Waals surface area contributed by atoms with Gasteiger partial charge in [-0.2, -0.15) is 9.97 Å². The summed E-state index contributed by atoms with van der Waals surface area (Å²) in [6.07, 6.45) is 0.336. The van der Waals surface area contributed by atoms with E-state index in [-0.39, 0.29) is 35.6 Å². The second-order valence-corrected chi connectivity index (χ2v) is 8.20. The lowest BCUT2D eigenvalue weighted by atomic mass is 10.2. The van der Waals surface area contributed by atoms with Crippen LogP contribution in [0.25, 0.3) is 22.8 Å². The number of halogens is 1. The van der Waals surface area contributed by atoms with Crippen LogP contribution in [0.4, 0.5) is 10.1 Å². The molecule has 0 aliphatic rings. The summed E-state index contributed by atoms with van der Waals surface area (Å²) in [5, 5.41) is 10.5. The number of carbonyl (C=O) groups excluding carboxylic acids is 1. The molecule has 182 valence electrons. The first-order valence-corrected chi connectivity index (χ1v) is 11.4. The van der Waals surface area contributed by atoms with Crippen molar-refractivity contribution in [3.05, 3.63) is 60.1 Å². The van der Waals surface area contributed by atoms with E-state index in [9.17, 15) is 9.18 Å². The fourth-order valence-electron chi connectivity index (χ4n) is 3.22. The van der Waals surface area contributed by atoms with E-state index in [1.807, 2.05) is 32.9 Å². The van der Waals surface area contributed by atoms with Gasteiger partial charge < -0.3 is 19.1 Å². The molecule has 1 atom stereocenters. The normalized spacial score (nSPS) is 12.1. The molecule has 0 saturated carbocycles. The summed E-state index contributed by atoms with van der Waals surface area (Å²) in [4.78, 5) is 20.3. The van der Waals surface area contributed by atoms with Crippen LogP contribution in [0.5, 0.6) is 5.75 Å². The summed E-state index contributed by atoms with van der Waals surface area (Å²) in [7, 11) is 0. The van der Waals surface area contributed by atoms with Gasteiger partial charge in [-0.15, -0.1) is 0 Å². The standard InChI is InChI=1S/C25H26FN5O4/c1-5-20(33-17-10-7-15(8-11-17)22-28-24(14(3)4)34-30-22)25-29-23(31-35-25)16-9-12-19(18(26)13-16)27-21(32)6-2/h7-14,20H,5-6H2,1-4H3,(H,27,32)/t20-/m1/s1. The average Bonchev–Trinajstić information content (AvgIpc) is 3.55. The fraction of sp³-hybridized carbons (Fsp3) is 0.320. The van der Waals surface area contributed by atoms with Gasteiger partial charge in [-0.25, -0.2) is 4.39 Å². The van der Waals surface area contributed by atoms with Gasteiger partial charge in [0.15, 0.2) is 6.10 Å². The Kier molecular flexibility index (Phi) is 7.19. The summed E-state index contributed by atoms with van der Waals surface area (Å²) in [6, 6.07) is 11.6. The molecular formula is C25H26FN5O4. The van der Waals surface area contributed by atoms with E-state index in [0.717, 1.165) is 5.56 Å². The van der Waals surface area contributed by atoms with E-state index in [2.05, 4.69) is 25.6 Å². The van der Waals surface area contributed by atoms with Gasteiger partial charge >= 0.3 is 0 Å². The lowest BCUT2D eigenvalue weighted by Crippen LogP contribution is -2.10. The number of ether oxygens (including phenoxy) is 1. The van der Waals surface area contributed by atoms with Gasteiger partial charge in [0, 0.05) is 23.5 Å². The Morgan fingerprint density at radius 2 is 1.60 bits per heavy atom. The van der Waals surface area contributed by atoms with Crippen molar-refractivity contribution in [3.8, 4) is 28.5 Å². The number of benzene rings is 2. The van der Waals surface area contributed by atoms with Gasteiger partial charge in [0.1, 0.15) is 11.6 Å². The maximum absolute atomic E-state index is 14.4. The topological polar surface area (TPSA) is 116 Å². The highest BCUT2D eigenvalue weighted by molar-refractivity contribution is 5.90. The second-order valence-electron chi connectivity index (χ2n) is 8.20. The molecule has 1 amide bonds. The first-order valence-electron chi connectivity index (χ1n) is 11.4. The third kappa shape index (κ3) is 5.53. The largest absolute Gasteiger partial charge is 0.481 e. The summed E-state index contributed by atoms with van der Waals surface area (Å²) in [6.45, 7) is 7.60. The maximum Gasteiger partial charge on any atom is 0.268 e. The minimum Gasteiger partial charge on any atom is -0.481 e. The zero-order valence-corrected chi connectivity index (χ0v) is 19.9. The Hall–Kier alpha value is -4.08. The number of nitrogens with zero attached hydrogens (tertiary/aromatic N) is 4. The molecule has 0 saturated heterocycles. The molecule has 2 aromatic carbocycles. The molecule has 4 aromatic rings. The fourth-order valence-corrected chi connectivity index (χ4v) is 3.22. The number of amides is 1. The van der Waals surface area contributed by atoms with E-state index in [0.29, 0.717) is 29.4 Å². The van der Waals surface area contributed by atoms with E-state index < -0.39 is 11.9 Å². The Morgan fingerprint density at radius 1 is 0.971 bits per heavy atom. The van der Waals surface area contributed by atoms with Crippen LogP contribution >= 0.6 is 0 Å². The SMILES string of the molecule is CCC(=O)Nc1ccc(-c2noc([C@@H](CC)Oc3ccc(-c4noc(C(C)C)n4)cc3)n2)cc1F. The molecule has 0 spiro atoms. The van der Waals surface area contributed by atoms with Crippen molar-refractivity contribution in [2.75, 3.05) is 5.32 Å². The Bertz CT molecular complexity index is 1300. The number of hydrogen-bond acceptors (Lipinski definition) is 8. The van der Waals surface area contributed by atoms with Crippen LogP contribution in [-0.2, 0) is 4.79 Å². The van der Waals surface area contributed by atoms with Crippen molar-refractivity contribution in [2.45, 2.75) is 52.6 Å². The van der Waals surface area contributed by atoms with Gasteiger partial charge in [-0.05, 0) is 48.9 Å². The predicted octanol–water partition coefficient (Wildman–Crippen LogP) is 5.93. The highest BCUT2D eigenvalue weighted by Crippen LogP contribution is 2.29. The second kappa shape index (κ2) is 10.5. The average molecular weight is 480 g/mol. The van der Waals surface area contributed by atoms with Gasteiger partial charge in [-0.3, -0.25) is 4.79 Å². The van der Waals surface area contributed by atoms with Crippen molar-refractivity contribution in [3.63, 3.8) is 0 Å². The molecule has 0 bridgehead atoms. The van der Waals surface area contributed by atoms with Crippen LogP contribution in [0, 0.1) is 5.82 Å². The van der Waals surface area contributed by atoms with Crippen molar-refractivity contribution < 1.29 is 23.0 Å². The predicted molar refractivity (Wildman–Crippen MR) is 126 cm³/mol. The van der Waals surface area contributed by atoms with Gasteiger partial charge in [0.25, 0.3) is 5.89 Å². The minimum atomic E-state index is -0.582. The van der Waals surface area contributed by atoms with Crippen LogP contribution < -0.4 is 10.1 Å². The molecule has 0 aliphatic heterocycles. The smallest absolute Gasteiger partial charge is 0.268 e. The lowest BCUT2D eigenvalue weighted by molar-refractivity contribution is -0.115. The molecule has 4 rings (SSSR count). The molecule has 9 nitrogen and oxygen atoms in total. The molecule has 35 heavy (non-hydrogen) atoms. The van der Waals surface area contributed by atoms with E-state index >= 15 is 0 Å². The number of carbonyl (C=O) groups is 1. The first kappa shape index (κ1) is 24.1. The molecule has 0 aliphatic carbocycles. The Balaban J connectivity index is 1.46. The summed E-state index contributed by atoms with van der Waals surface area (Å²) in [5.74, 6) is 1.50. The molecule has 2 aromatic heterocycles. The zero-order chi connectivity index (χ0) is 24.9. The van der Waals surface area contributed by atoms with Crippen molar-refractivity contribution >= 4 is 11.6 Å². The summed E-state index contributed by atoms with van der Waals surface area (Å²) in [5.41, 5.74) is 1.33. The van der Waals surface area contributed by atoms with Gasteiger partial charge in [-0.1, -0.05) is 38.0 Å². The van der Waals surface area contributed by atoms with Crippen molar-refractivity contribution in [1.29, 1.82) is 0 Å². The van der Waals surface area contributed by atoms with Crippen LogP contribution in [0.2, 0.25) is 0 Å². The Labute approximate surface area is 201 Å².